The number of aromatic hydroxyl groups is 1. The Hall–Kier alpha value is -4.76. The number of aromatic nitrogens is 5. The number of rotatable bonds is 5. The van der Waals surface area contributed by atoms with Gasteiger partial charge >= 0.3 is 0 Å². The first kappa shape index (κ1) is 31.7. The lowest BCUT2D eigenvalue weighted by molar-refractivity contribution is -0.128. The van der Waals surface area contributed by atoms with Crippen molar-refractivity contribution >= 4 is 40.3 Å². The summed E-state index contributed by atoms with van der Waals surface area (Å²) in [5.74, 6) is -0.772. The third-order valence-electron chi connectivity index (χ3n) is 7.46. The fourth-order valence-electron chi connectivity index (χ4n) is 5.45. The van der Waals surface area contributed by atoms with E-state index in [9.17, 15) is 14.3 Å². The molecule has 1 aromatic carbocycles. The summed E-state index contributed by atoms with van der Waals surface area (Å²) >= 11 is 6.45. The van der Waals surface area contributed by atoms with Crippen LogP contribution >= 0.6 is 11.6 Å². The van der Waals surface area contributed by atoms with Crippen LogP contribution in [-0.2, 0) is 4.79 Å². The normalized spacial score (nSPS) is 15.0. The summed E-state index contributed by atoms with van der Waals surface area (Å²) in [6.07, 6.45) is 4.53. The number of carbonyl (C=O) groups is 1. The van der Waals surface area contributed by atoms with Gasteiger partial charge in [-0.15, -0.1) is 0 Å². The summed E-state index contributed by atoms with van der Waals surface area (Å²) in [6, 6.07) is 6.31. The van der Waals surface area contributed by atoms with Gasteiger partial charge in [-0.25, -0.2) is 28.7 Å². The van der Waals surface area contributed by atoms with Gasteiger partial charge in [-0.3, -0.25) is 9.78 Å². The highest BCUT2D eigenvalue weighted by atomic mass is 35.5. The quantitative estimate of drug-likeness (QED) is 0.264. The van der Waals surface area contributed by atoms with Gasteiger partial charge in [0.15, 0.2) is 11.6 Å². The molecule has 1 N–H and O–H groups in total. The molecule has 2 aliphatic rings. The lowest BCUT2D eigenvalue weighted by Crippen LogP contribution is -2.49. The van der Waals surface area contributed by atoms with Crippen LogP contribution in [0.2, 0.25) is 5.02 Å². The first-order valence-corrected chi connectivity index (χ1v) is 14.8. The summed E-state index contributed by atoms with van der Waals surface area (Å²) in [5, 5.41) is 18.3. The predicted molar refractivity (Wildman–Crippen MR) is 167 cm³/mol. The van der Waals surface area contributed by atoms with Crippen molar-refractivity contribution in [2.75, 3.05) is 31.1 Å². The fourth-order valence-corrected chi connectivity index (χ4v) is 5.82. The Kier molecular flexibility index (Phi) is 9.20. The number of benzene rings is 1. The number of halogens is 3. The predicted octanol–water partition coefficient (Wildman–Crippen LogP) is 5.97. The number of nitriles is 1. The lowest BCUT2D eigenvalue weighted by Gasteiger charge is -2.35. The average molecular weight is 633 g/mol. The van der Waals surface area contributed by atoms with Crippen LogP contribution in [0.4, 0.5) is 14.6 Å². The molecule has 232 valence electrons. The highest BCUT2D eigenvalue weighted by molar-refractivity contribution is 6.32. The first-order chi connectivity index (χ1) is 21.5. The molecule has 2 fully saturated rings. The van der Waals surface area contributed by atoms with Crippen LogP contribution in [0.25, 0.3) is 28.2 Å². The fraction of sp³-hybridized carbons (Fsp3) is 0.344. The number of phenols is 1. The van der Waals surface area contributed by atoms with Crippen molar-refractivity contribution in [3.8, 4) is 23.1 Å². The minimum atomic E-state index is -0.902. The zero-order valence-electron chi connectivity index (χ0n) is 25.3. The number of hydrogen-bond donors (Lipinski definition) is 1. The molecule has 4 aromatic rings. The van der Waals surface area contributed by atoms with Crippen molar-refractivity contribution in [2.24, 2.45) is 0 Å². The Morgan fingerprint density at radius 1 is 1.07 bits per heavy atom. The molecule has 0 bridgehead atoms. The summed E-state index contributed by atoms with van der Waals surface area (Å²) in [5.41, 5.74) is 2.41. The molecule has 0 unspecified atom stereocenters. The van der Waals surface area contributed by atoms with Crippen molar-refractivity contribution in [3.05, 3.63) is 69.7 Å². The second kappa shape index (κ2) is 13.1. The van der Waals surface area contributed by atoms with E-state index < -0.39 is 17.6 Å². The Morgan fingerprint density at radius 2 is 1.73 bits per heavy atom. The van der Waals surface area contributed by atoms with Crippen molar-refractivity contribution in [2.45, 2.75) is 46.5 Å². The van der Waals surface area contributed by atoms with Crippen LogP contribution in [0.3, 0.4) is 0 Å². The maximum atomic E-state index is 16.1. The molecule has 4 heterocycles. The van der Waals surface area contributed by atoms with Gasteiger partial charge in [-0.2, -0.15) is 5.26 Å². The molecule has 1 aliphatic carbocycles. The molecule has 45 heavy (non-hydrogen) atoms. The topological polar surface area (TPSA) is 132 Å². The van der Waals surface area contributed by atoms with E-state index in [1.165, 1.54) is 30.2 Å². The van der Waals surface area contributed by atoms with Gasteiger partial charge in [0, 0.05) is 61.7 Å². The molecule has 1 saturated carbocycles. The number of pyridine rings is 1. The zero-order valence-corrected chi connectivity index (χ0v) is 26.0. The van der Waals surface area contributed by atoms with Crippen molar-refractivity contribution in [1.29, 1.82) is 5.26 Å². The smallest absolute Gasteiger partial charge is 0.282 e. The molecule has 3 aromatic heterocycles. The molecule has 1 aliphatic heterocycles. The SMILES string of the molecule is CC#N.Cc1cc(/C=C(\F)C(=O)N2CCN(c3nc(C)nc4c(F)c(-c5cc(O)cc(Cl)c5C5CC5)ncc34)CC2)nc(C)n1. The van der Waals surface area contributed by atoms with Gasteiger partial charge in [0.2, 0.25) is 0 Å². The number of piperazine rings is 1. The Morgan fingerprint density at radius 3 is 2.38 bits per heavy atom. The van der Waals surface area contributed by atoms with E-state index in [4.69, 9.17) is 16.9 Å². The van der Waals surface area contributed by atoms with E-state index in [2.05, 4.69) is 24.9 Å². The molecule has 1 saturated heterocycles. The minimum Gasteiger partial charge on any atom is -0.508 e. The van der Waals surface area contributed by atoms with E-state index in [0.29, 0.717) is 57.9 Å². The van der Waals surface area contributed by atoms with E-state index in [-0.39, 0.29) is 36.0 Å². The van der Waals surface area contributed by atoms with Crippen molar-refractivity contribution in [1.82, 2.24) is 29.8 Å². The number of hydrogen-bond acceptors (Lipinski definition) is 9. The second-order valence-electron chi connectivity index (χ2n) is 10.9. The van der Waals surface area contributed by atoms with Gasteiger partial charge in [0.05, 0.1) is 17.1 Å². The second-order valence-corrected chi connectivity index (χ2v) is 11.3. The van der Waals surface area contributed by atoms with Crippen LogP contribution in [0, 0.1) is 37.9 Å². The van der Waals surface area contributed by atoms with E-state index >= 15 is 4.39 Å². The largest absolute Gasteiger partial charge is 0.508 e. The van der Waals surface area contributed by atoms with Crippen molar-refractivity contribution in [3.63, 3.8) is 0 Å². The molecular formula is C32H31ClF2N8O2. The highest BCUT2D eigenvalue weighted by Gasteiger charge is 2.32. The number of carbonyl (C=O) groups excluding carboxylic acids is 1. The molecule has 6 rings (SSSR count). The number of nitrogens with zero attached hydrogens (tertiary/aromatic N) is 8. The molecule has 0 atom stereocenters. The van der Waals surface area contributed by atoms with Crippen LogP contribution < -0.4 is 4.90 Å². The van der Waals surface area contributed by atoms with E-state index in [1.807, 2.05) is 4.90 Å². The van der Waals surface area contributed by atoms with Gasteiger partial charge in [-0.05, 0) is 63.3 Å². The van der Waals surface area contributed by atoms with Crippen LogP contribution in [-0.4, -0.2) is 67.0 Å². The highest BCUT2D eigenvalue weighted by Crippen LogP contribution is 2.49. The number of amides is 1. The van der Waals surface area contributed by atoms with Gasteiger partial charge in [-0.1, -0.05) is 11.6 Å². The summed E-state index contributed by atoms with van der Waals surface area (Å²) in [6.45, 7) is 7.79. The molecule has 10 nitrogen and oxygen atoms in total. The monoisotopic (exact) mass is 632 g/mol. The van der Waals surface area contributed by atoms with Crippen molar-refractivity contribution < 1.29 is 18.7 Å². The average Bonchev–Trinajstić information content (AvgIpc) is 3.82. The van der Waals surface area contributed by atoms with Crippen LogP contribution in [0.15, 0.2) is 30.2 Å². The number of phenolic OH excluding ortho intramolecular Hbond substituents is 1. The summed E-state index contributed by atoms with van der Waals surface area (Å²) in [7, 11) is 0. The standard InChI is InChI=1S/C30H28ClF2N7O2.C2H3N/c1-15-10-19(36-16(2)35-15)11-24(32)30(42)40-8-6-39(7-9-40)29-22-14-34-27(26(33)28(22)37-17(3)38-29)21-12-20(41)13-23(31)25(21)18-4-5-18;1-2-3/h10-14,18,41H,4-9H2,1-3H3;1H3/b24-11-;. The first-order valence-electron chi connectivity index (χ1n) is 14.4. The molecule has 1 amide bonds. The number of anilines is 1. The maximum absolute atomic E-state index is 16.1. The van der Waals surface area contributed by atoms with Gasteiger partial charge < -0.3 is 14.9 Å². The minimum absolute atomic E-state index is 0.0676. The van der Waals surface area contributed by atoms with Gasteiger partial charge in [0.1, 0.15) is 34.4 Å². The maximum Gasteiger partial charge on any atom is 0.282 e. The molecule has 13 heteroatoms. The van der Waals surface area contributed by atoms with Gasteiger partial charge in [0.25, 0.3) is 5.91 Å². The number of aryl methyl sites for hydroxylation is 3. The Labute approximate surface area is 264 Å². The third kappa shape index (κ3) is 6.83. The Bertz CT molecular complexity index is 1840. The summed E-state index contributed by atoms with van der Waals surface area (Å²) in [4.78, 5) is 37.9. The summed E-state index contributed by atoms with van der Waals surface area (Å²) < 4.78 is 31.0. The van der Waals surface area contributed by atoms with Crippen LogP contribution in [0.1, 0.15) is 54.3 Å². The Balaban J connectivity index is 0.00000128. The molecule has 0 radical (unpaired) electrons. The molecule has 0 spiro atoms. The van der Waals surface area contributed by atoms with Crippen LogP contribution in [0.5, 0.6) is 5.75 Å². The zero-order chi connectivity index (χ0) is 32.4. The number of fused-ring (bicyclic) bond motifs is 1. The third-order valence-corrected chi connectivity index (χ3v) is 7.77. The molecular weight excluding hydrogens is 602 g/mol. The van der Waals surface area contributed by atoms with E-state index in [1.54, 1.807) is 32.9 Å². The lowest BCUT2D eigenvalue weighted by atomic mass is 9.98. The van der Waals surface area contributed by atoms with E-state index in [0.717, 1.165) is 24.5 Å².